The summed E-state index contributed by atoms with van der Waals surface area (Å²) in [4.78, 5) is 13.7. The Balaban J connectivity index is 1.68. The maximum absolute atomic E-state index is 12.0. The maximum Gasteiger partial charge on any atom is 0.410 e. The molecule has 5 heteroatoms. The molecule has 0 aliphatic carbocycles. The third kappa shape index (κ3) is 5.36. The first-order valence-electron chi connectivity index (χ1n) is 7.52. The Morgan fingerprint density at radius 2 is 2.05 bits per heavy atom. The molecule has 2 rings (SSSR count). The van der Waals surface area contributed by atoms with Crippen LogP contribution in [-0.2, 0) is 11.3 Å². The highest BCUT2D eigenvalue weighted by atomic mass is 16.6. The zero-order valence-electron chi connectivity index (χ0n) is 12.5. The van der Waals surface area contributed by atoms with Gasteiger partial charge in [0.05, 0.1) is 6.10 Å². The van der Waals surface area contributed by atoms with Gasteiger partial charge in [-0.2, -0.15) is 0 Å². The zero-order valence-corrected chi connectivity index (χ0v) is 12.5. The molecule has 0 saturated carbocycles. The van der Waals surface area contributed by atoms with Crippen LogP contribution in [0.4, 0.5) is 4.79 Å². The van der Waals surface area contributed by atoms with E-state index in [1.165, 1.54) is 0 Å². The van der Waals surface area contributed by atoms with Gasteiger partial charge in [0.15, 0.2) is 0 Å². The van der Waals surface area contributed by atoms with E-state index in [1.54, 1.807) is 11.8 Å². The number of aliphatic hydroxyl groups is 1. The Hall–Kier alpha value is -1.59. The second-order valence-electron chi connectivity index (χ2n) is 5.56. The number of likely N-dealkylation sites (tertiary alicyclic amines) is 1. The van der Waals surface area contributed by atoms with E-state index in [9.17, 15) is 9.90 Å². The summed E-state index contributed by atoms with van der Waals surface area (Å²) in [5.41, 5.74) is 0.999. The summed E-state index contributed by atoms with van der Waals surface area (Å²) in [6.07, 6.45) is 1.21. The number of nitrogens with one attached hydrogen (secondary N) is 1. The van der Waals surface area contributed by atoms with E-state index in [2.05, 4.69) is 5.32 Å². The van der Waals surface area contributed by atoms with Crippen molar-refractivity contribution in [1.29, 1.82) is 0 Å². The van der Waals surface area contributed by atoms with E-state index in [4.69, 9.17) is 4.74 Å². The van der Waals surface area contributed by atoms with Gasteiger partial charge < -0.3 is 20.1 Å². The number of carbonyl (C=O) groups excluding carboxylic acids is 1. The molecule has 1 aromatic carbocycles. The van der Waals surface area contributed by atoms with Crippen LogP contribution in [-0.4, -0.2) is 47.9 Å². The number of ether oxygens (including phenoxy) is 1. The van der Waals surface area contributed by atoms with Crippen LogP contribution in [0.15, 0.2) is 30.3 Å². The quantitative estimate of drug-likeness (QED) is 0.868. The standard InChI is InChI=1S/C16H24N2O3/c1-13(19)11-17-15-7-9-18(10-8-15)16(20)21-12-14-5-3-2-4-6-14/h2-6,13,15,17,19H,7-12H2,1H3. The topological polar surface area (TPSA) is 61.8 Å². The second kappa shape index (κ2) is 8.00. The molecule has 1 unspecified atom stereocenters. The lowest BCUT2D eigenvalue weighted by Crippen LogP contribution is -2.46. The predicted octanol–water partition coefficient (Wildman–Crippen LogP) is 1.76. The van der Waals surface area contributed by atoms with E-state index in [0.29, 0.717) is 32.3 Å². The molecule has 2 N–H and O–H groups in total. The smallest absolute Gasteiger partial charge is 0.410 e. The van der Waals surface area contributed by atoms with Gasteiger partial charge in [-0.1, -0.05) is 30.3 Å². The monoisotopic (exact) mass is 292 g/mol. The van der Waals surface area contributed by atoms with Gasteiger partial charge in [-0.3, -0.25) is 0 Å². The lowest BCUT2D eigenvalue weighted by molar-refractivity contribution is 0.0839. The molecule has 1 fully saturated rings. The van der Waals surface area contributed by atoms with Crippen molar-refractivity contribution in [3.63, 3.8) is 0 Å². The minimum atomic E-state index is -0.334. The van der Waals surface area contributed by atoms with E-state index >= 15 is 0 Å². The van der Waals surface area contributed by atoms with Crippen molar-refractivity contribution >= 4 is 6.09 Å². The van der Waals surface area contributed by atoms with Gasteiger partial charge in [0.25, 0.3) is 0 Å². The summed E-state index contributed by atoms with van der Waals surface area (Å²) in [5, 5.41) is 12.6. The highest BCUT2D eigenvalue weighted by Gasteiger charge is 2.23. The van der Waals surface area contributed by atoms with Crippen molar-refractivity contribution in [2.45, 2.75) is 38.5 Å². The van der Waals surface area contributed by atoms with Crippen LogP contribution in [0.2, 0.25) is 0 Å². The molecule has 0 aromatic heterocycles. The third-order valence-corrected chi connectivity index (χ3v) is 3.66. The Kier molecular flexibility index (Phi) is 6.02. The molecular formula is C16H24N2O3. The van der Waals surface area contributed by atoms with E-state index in [-0.39, 0.29) is 12.2 Å². The number of benzene rings is 1. The lowest BCUT2D eigenvalue weighted by Gasteiger charge is -2.32. The summed E-state index contributed by atoms with van der Waals surface area (Å²) < 4.78 is 5.33. The summed E-state index contributed by atoms with van der Waals surface area (Å²) >= 11 is 0. The van der Waals surface area contributed by atoms with Crippen LogP contribution in [0.5, 0.6) is 0 Å². The van der Waals surface area contributed by atoms with Crippen LogP contribution in [0.3, 0.4) is 0 Å². The molecule has 21 heavy (non-hydrogen) atoms. The van der Waals surface area contributed by atoms with Crippen LogP contribution in [0.25, 0.3) is 0 Å². The number of amides is 1. The first-order chi connectivity index (χ1) is 10.1. The minimum absolute atomic E-state index is 0.243. The number of nitrogens with zero attached hydrogens (tertiary/aromatic N) is 1. The third-order valence-electron chi connectivity index (χ3n) is 3.66. The van der Waals surface area contributed by atoms with Gasteiger partial charge in [0.1, 0.15) is 6.61 Å². The summed E-state index contributed by atoms with van der Waals surface area (Å²) in [5.74, 6) is 0. The molecule has 5 nitrogen and oxygen atoms in total. The highest BCUT2D eigenvalue weighted by molar-refractivity contribution is 5.67. The van der Waals surface area contributed by atoms with Gasteiger partial charge in [-0.25, -0.2) is 4.79 Å². The molecule has 116 valence electrons. The van der Waals surface area contributed by atoms with Crippen molar-refractivity contribution in [1.82, 2.24) is 10.2 Å². The number of rotatable bonds is 5. The first kappa shape index (κ1) is 15.8. The molecule has 1 aliphatic rings. The Morgan fingerprint density at radius 1 is 1.38 bits per heavy atom. The normalized spacial score (nSPS) is 17.5. The summed E-state index contributed by atoms with van der Waals surface area (Å²) in [7, 11) is 0. The van der Waals surface area contributed by atoms with E-state index in [1.807, 2.05) is 30.3 Å². The largest absolute Gasteiger partial charge is 0.445 e. The fourth-order valence-corrected chi connectivity index (χ4v) is 2.41. The maximum atomic E-state index is 12.0. The van der Waals surface area contributed by atoms with Gasteiger partial charge in [-0.05, 0) is 25.3 Å². The molecular weight excluding hydrogens is 268 g/mol. The molecule has 1 aliphatic heterocycles. The van der Waals surface area contributed by atoms with E-state index in [0.717, 1.165) is 18.4 Å². The molecule has 0 radical (unpaired) electrons. The SMILES string of the molecule is CC(O)CNC1CCN(C(=O)OCc2ccccc2)CC1. The molecule has 0 spiro atoms. The molecule has 1 heterocycles. The van der Waals surface area contributed by atoms with Crippen LogP contribution in [0.1, 0.15) is 25.3 Å². The summed E-state index contributed by atoms with van der Waals surface area (Å²) in [6.45, 7) is 4.09. The van der Waals surface area contributed by atoms with Crippen molar-refractivity contribution in [3.8, 4) is 0 Å². The molecule has 1 amide bonds. The molecule has 0 bridgehead atoms. The van der Waals surface area contributed by atoms with Gasteiger partial charge >= 0.3 is 6.09 Å². The van der Waals surface area contributed by atoms with Gasteiger partial charge in [-0.15, -0.1) is 0 Å². The zero-order chi connectivity index (χ0) is 15.1. The fraction of sp³-hybridized carbons (Fsp3) is 0.562. The average Bonchev–Trinajstić information content (AvgIpc) is 2.52. The molecule has 1 atom stereocenters. The number of carbonyl (C=O) groups is 1. The molecule has 1 aromatic rings. The van der Waals surface area contributed by atoms with Crippen molar-refractivity contribution in [2.24, 2.45) is 0 Å². The lowest BCUT2D eigenvalue weighted by atomic mass is 10.1. The number of hydrogen-bond acceptors (Lipinski definition) is 4. The second-order valence-corrected chi connectivity index (χ2v) is 5.56. The van der Waals surface area contributed by atoms with Crippen molar-refractivity contribution in [3.05, 3.63) is 35.9 Å². The minimum Gasteiger partial charge on any atom is -0.445 e. The average molecular weight is 292 g/mol. The summed E-state index contributed by atoms with van der Waals surface area (Å²) in [6, 6.07) is 10.1. The fourth-order valence-electron chi connectivity index (χ4n) is 2.41. The number of piperidine rings is 1. The Labute approximate surface area is 125 Å². The predicted molar refractivity (Wildman–Crippen MR) is 80.9 cm³/mol. The Bertz CT molecular complexity index is 428. The van der Waals surface area contributed by atoms with Gasteiger partial charge in [0.2, 0.25) is 0 Å². The number of hydrogen-bond donors (Lipinski definition) is 2. The van der Waals surface area contributed by atoms with Crippen molar-refractivity contribution < 1.29 is 14.6 Å². The van der Waals surface area contributed by atoms with Crippen molar-refractivity contribution in [2.75, 3.05) is 19.6 Å². The molecule has 1 saturated heterocycles. The Morgan fingerprint density at radius 3 is 2.67 bits per heavy atom. The van der Waals surface area contributed by atoms with Crippen LogP contribution in [0, 0.1) is 0 Å². The van der Waals surface area contributed by atoms with Gasteiger partial charge in [0, 0.05) is 25.7 Å². The first-order valence-corrected chi connectivity index (χ1v) is 7.52. The highest BCUT2D eigenvalue weighted by Crippen LogP contribution is 2.12. The van der Waals surface area contributed by atoms with Crippen LogP contribution >= 0.6 is 0 Å². The van der Waals surface area contributed by atoms with E-state index < -0.39 is 0 Å². The number of aliphatic hydroxyl groups excluding tert-OH is 1. The van der Waals surface area contributed by atoms with Crippen LogP contribution < -0.4 is 5.32 Å².